The molecule has 0 saturated carbocycles. The van der Waals surface area contributed by atoms with Crippen molar-refractivity contribution in [3.63, 3.8) is 0 Å². The number of amides is 2. The first-order valence-electron chi connectivity index (χ1n) is 12.3. The van der Waals surface area contributed by atoms with Gasteiger partial charge in [0, 0.05) is 12.1 Å². The van der Waals surface area contributed by atoms with Crippen molar-refractivity contribution < 1.29 is 9.59 Å². The number of nitrogens with two attached hydrogens (primary N) is 2. The zero-order valence-electron chi connectivity index (χ0n) is 21.0. The number of carbonyl (C=O) groups is 2. The lowest BCUT2D eigenvalue weighted by Gasteiger charge is -2.37. The summed E-state index contributed by atoms with van der Waals surface area (Å²) in [5, 5.41) is 0. The van der Waals surface area contributed by atoms with Crippen molar-refractivity contribution in [2.75, 3.05) is 13.1 Å². The van der Waals surface area contributed by atoms with E-state index in [9.17, 15) is 9.59 Å². The molecule has 0 spiro atoms. The summed E-state index contributed by atoms with van der Waals surface area (Å²) < 4.78 is 0. The Balaban J connectivity index is 0.000000191. The number of carbonyl (C=O) groups excluding carboxylic acids is 2. The summed E-state index contributed by atoms with van der Waals surface area (Å²) in [4.78, 5) is 27.8. The van der Waals surface area contributed by atoms with E-state index in [2.05, 4.69) is 47.9 Å². The van der Waals surface area contributed by atoms with Crippen molar-refractivity contribution in [3.05, 3.63) is 71.8 Å². The van der Waals surface area contributed by atoms with Crippen molar-refractivity contribution >= 4 is 11.8 Å². The van der Waals surface area contributed by atoms with Crippen molar-refractivity contribution in [2.24, 2.45) is 11.5 Å². The number of benzene rings is 2. The molecular formula is C28H40N4O2. The van der Waals surface area contributed by atoms with E-state index in [4.69, 9.17) is 11.5 Å². The predicted molar refractivity (Wildman–Crippen MR) is 137 cm³/mol. The van der Waals surface area contributed by atoms with Gasteiger partial charge in [-0.05, 0) is 77.6 Å². The molecule has 0 bridgehead atoms. The molecule has 4 atom stereocenters. The number of hydrogen-bond donors (Lipinski definition) is 2. The summed E-state index contributed by atoms with van der Waals surface area (Å²) in [6, 6.07) is 21.0. The third kappa shape index (κ3) is 5.18. The summed E-state index contributed by atoms with van der Waals surface area (Å²) in [5.41, 5.74) is 12.6. The first kappa shape index (κ1) is 25.9. The Kier molecular flexibility index (Phi) is 8.16. The van der Waals surface area contributed by atoms with Gasteiger partial charge in [0.2, 0.25) is 11.8 Å². The highest BCUT2D eigenvalue weighted by Gasteiger charge is 2.45. The lowest BCUT2D eigenvalue weighted by Crippen LogP contribution is -2.52. The molecule has 2 aromatic rings. The maximum Gasteiger partial charge on any atom is 0.237 e. The summed E-state index contributed by atoms with van der Waals surface area (Å²) in [5.74, 6) is -0.421. The summed E-state index contributed by atoms with van der Waals surface area (Å²) >= 11 is 0. The number of likely N-dealkylation sites (tertiary alicyclic amines) is 2. The third-order valence-corrected chi connectivity index (χ3v) is 7.95. The van der Waals surface area contributed by atoms with E-state index in [0.29, 0.717) is 0 Å². The Morgan fingerprint density at radius 2 is 1.03 bits per heavy atom. The van der Waals surface area contributed by atoms with Gasteiger partial charge in [-0.15, -0.1) is 0 Å². The van der Waals surface area contributed by atoms with E-state index < -0.39 is 11.1 Å². The molecule has 184 valence electrons. The quantitative estimate of drug-likeness (QED) is 0.671. The molecule has 2 saturated heterocycles. The van der Waals surface area contributed by atoms with E-state index in [1.165, 1.54) is 11.1 Å². The van der Waals surface area contributed by atoms with Gasteiger partial charge in [-0.3, -0.25) is 19.4 Å². The van der Waals surface area contributed by atoms with Crippen molar-refractivity contribution in [1.82, 2.24) is 9.80 Å². The number of hydrogen-bond acceptors (Lipinski definition) is 4. The van der Waals surface area contributed by atoms with E-state index in [-0.39, 0.29) is 23.9 Å². The zero-order valence-corrected chi connectivity index (χ0v) is 21.0. The van der Waals surface area contributed by atoms with Crippen molar-refractivity contribution in [2.45, 2.75) is 76.5 Å². The molecule has 4 rings (SSSR count). The Morgan fingerprint density at radius 1 is 0.706 bits per heavy atom. The van der Waals surface area contributed by atoms with Gasteiger partial charge in [0.1, 0.15) is 0 Å². The topological polar surface area (TPSA) is 92.7 Å². The van der Waals surface area contributed by atoms with E-state index in [0.717, 1.165) is 38.8 Å². The number of primary amides is 2. The maximum absolute atomic E-state index is 11.7. The lowest BCUT2D eigenvalue weighted by atomic mass is 9.95. The molecule has 6 heteroatoms. The van der Waals surface area contributed by atoms with Crippen molar-refractivity contribution in [1.29, 1.82) is 0 Å². The number of nitrogens with zero attached hydrogens (tertiary/aromatic N) is 2. The maximum atomic E-state index is 11.7. The van der Waals surface area contributed by atoms with Crippen LogP contribution >= 0.6 is 0 Å². The van der Waals surface area contributed by atoms with Crippen LogP contribution in [0.25, 0.3) is 0 Å². The highest BCUT2D eigenvalue weighted by Crippen LogP contribution is 2.37. The van der Waals surface area contributed by atoms with Crippen LogP contribution in [0.15, 0.2) is 60.7 Å². The van der Waals surface area contributed by atoms with E-state index in [1.54, 1.807) is 0 Å². The standard InChI is InChI=1S/2C14H20N2O/c2*1-11(12-7-4-3-5-8-12)16-10-6-9-14(16,2)13(15)17/h2*3-5,7-8,11H,6,9-10H2,1-2H3,(H2,15,17)/t11-,14+;11-,14-/m11/s1. The lowest BCUT2D eigenvalue weighted by molar-refractivity contribution is -0.129. The molecule has 2 amide bonds. The Hall–Kier alpha value is -2.70. The van der Waals surface area contributed by atoms with Gasteiger partial charge in [0.15, 0.2) is 0 Å². The highest BCUT2D eigenvalue weighted by atomic mass is 16.2. The molecule has 2 fully saturated rings. The molecule has 4 N–H and O–H groups in total. The average molecular weight is 465 g/mol. The molecule has 34 heavy (non-hydrogen) atoms. The molecule has 0 aliphatic carbocycles. The van der Waals surface area contributed by atoms with Crippen LogP contribution in [0.1, 0.15) is 76.6 Å². The minimum absolute atomic E-state index is 0.210. The molecule has 2 aliphatic heterocycles. The summed E-state index contributed by atoms with van der Waals surface area (Å²) in [6.45, 7) is 10.1. The van der Waals surface area contributed by atoms with Crippen LogP contribution in [0.3, 0.4) is 0 Å². The van der Waals surface area contributed by atoms with Gasteiger partial charge >= 0.3 is 0 Å². The van der Waals surface area contributed by atoms with Gasteiger partial charge in [-0.25, -0.2) is 0 Å². The van der Waals surface area contributed by atoms with Crippen LogP contribution in [0.2, 0.25) is 0 Å². The fraction of sp³-hybridized carbons (Fsp3) is 0.500. The van der Waals surface area contributed by atoms with E-state index in [1.807, 2.05) is 50.2 Å². The fourth-order valence-corrected chi connectivity index (χ4v) is 5.56. The van der Waals surface area contributed by atoms with Crippen LogP contribution in [-0.4, -0.2) is 45.8 Å². The predicted octanol–water partition coefficient (Wildman–Crippen LogP) is 4.17. The molecule has 0 unspecified atom stereocenters. The largest absolute Gasteiger partial charge is 0.368 e. The molecule has 2 heterocycles. The van der Waals surface area contributed by atoms with E-state index >= 15 is 0 Å². The molecule has 2 aliphatic rings. The molecular weight excluding hydrogens is 424 g/mol. The van der Waals surface area contributed by atoms with Crippen LogP contribution in [0, 0.1) is 0 Å². The highest BCUT2D eigenvalue weighted by molar-refractivity contribution is 5.85. The Morgan fingerprint density at radius 3 is 1.32 bits per heavy atom. The SMILES string of the molecule is C[C@H](c1ccccc1)N1CCC[C@@]1(C)C(N)=O.C[C@H](c1ccccc1)N1CCC[C@]1(C)C(N)=O. The van der Waals surface area contributed by atoms with Gasteiger partial charge in [-0.1, -0.05) is 60.7 Å². The van der Waals surface area contributed by atoms with Gasteiger partial charge in [-0.2, -0.15) is 0 Å². The molecule has 0 radical (unpaired) electrons. The van der Waals surface area contributed by atoms with Crippen molar-refractivity contribution in [3.8, 4) is 0 Å². The Bertz CT molecular complexity index is 887. The van der Waals surface area contributed by atoms with Crippen LogP contribution in [-0.2, 0) is 9.59 Å². The second-order valence-corrected chi connectivity index (χ2v) is 10.0. The molecule has 0 aromatic heterocycles. The Labute approximate surface area is 204 Å². The normalized spacial score (nSPS) is 26.9. The first-order valence-corrected chi connectivity index (χ1v) is 12.3. The molecule has 6 nitrogen and oxygen atoms in total. The summed E-state index contributed by atoms with van der Waals surface area (Å²) in [6.07, 6.45) is 3.80. The molecule has 2 aromatic carbocycles. The minimum atomic E-state index is -0.491. The van der Waals surface area contributed by atoms with Gasteiger partial charge in [0.05, 0.1) is 11.1 Å². The average Bonchev–Trinajstić information content (AvgIpc) is 3.44. The van der Waals surface area contributed by atoms with Gasteiger partial charge in [0.25, 0.3) is 0 Å². The minimum Gasteiger partial charge on any atom is -0.368 e. The second kappa shape index (κ2) is 10.7. The van der Waals surface area contributed by atoms with Crippen LogP contribution in [0.4, 0.5) is 0 Å². The third-order valence-electron chi connectivity index (χ3n) is 7.95. The monoisotopic (exact) mass is 464 g/mol. The smallest absolute Gasteiger partial charge is 0.237 e. The number of rotatable bonds is 6. The zero-order chi connectivity index (χ0) is 24.9. The first-order chi connectivity index (χ1) is 16.1. The van der Waals surface area contributed by atoms with Crippen LogP contribution in [0.5, 0.6) is 0 Å². The van der Waals surface area contributed by atoms with Crippen LogP contribution < -0.4 is 11.5 Å². The fourth-order valence-electron chi connectivity index (χ4n) is 5.56. The summed E-state index contributed by atoms with van der Waals surface area (Å²) in [7, 11) is 0. The van der Waals surface area contributed by atoms with Gasteiger partial charge < -0.3 is 11.5 Å². The second-order valence-electron chi connectivity index (χ2n) is 10.0.